The Morgan fingerprint density at radius 3 is 2.82 bits per heavy atom. The minimum absolute atomic E-state index is 0.0403. The molecule has 2 rings (SSSR count). The molecule has 0 aromatic heterocycles. The number of rotatable bonds is 3. The molecule has 3 heteroatoms. The molecule has 1 aliphatic carbocycles. The molecule has 1 atom stereocenters. The summed E-state index contributed by atoms with van der Waals surface area (Å²) >= 11 is 0. The van der Waals surface area contributed by atoms with E-state index in [0.29, 0.717) is 16.9 Å². The molecule has 3 nitrogen and oxygen atoms in total. The normalized spacial score (nSPS) is 14.6. The zero-order valence-corrected chi connectivity index (χ0v) is 9.90. The summed E-state index contributed by atoms with van der Waals surface area (Å²) in [6.07, 6.45) is 3.92. The van der Waals surface area contributed by atoms with E-state index in [4.69, 9.17) is 4.74 Å². The van der Waals surface area contributed by atoms with Gasteiger partial charge in [-0.3, -0.25) is 9.59 Å². The van der Waals surface area contributed by atoms with E-state index in [1.807, 2.05) is 13.8 Å². The Kier molecular flexibility index (Phi) is 3.09. The van der Waals surface area contributed by atoms with Crippen LogP contribution in [0.2, 0.25) is 0 Å². The molecular formula is C14H14O3. The summed E-state index contributed by atoms with van der Waals surface area (Å²) < 4.78 is 5.32. The summed E-state index contributed by atoms with van der Waals surface area (Å²) in [5.41, 5.74) is 1.30. The van der Waals surface area contributed by atoms with Gasteiger partial charge >= 0.3 is 5.97 Å². The van der Waals surface area contributed by atoms with Crippen molar-refractivity contribution in [3.63, 3.8) is 0 Å². The number of carbonyl (C=O) groups excluding carboxylic acids is 2. The van der Waals surface area contributed by atoms with Crippen LogP contribution >= 0.6 is 0 Å². The van der Waals surface area contributed by atoms with Crippen LogP contribution in [0.15, 0.2) is 24.3 Å². The fourth-order valence-electron chi connectivity index (χ4n) is 1.64. The number of allylic oxidation sites excluding steroid dienone is 1. The Balaban J connectivity index is 2.27. The topological polar surface area (TPSA) is 43.4 Å². The lowest BCUT2D eigenvalue weighted by Gasteiger charge is -2.11. The van der Waals surface area contributed by atoms with Crippen LogP contribution in [0, 0.1) is 5.92 Å². The average Bonchev–Trinajstić information content (AvgIpc) is 2.71. The average molecular weight is 230 g/mol. The molecule has 0 saturated carbocycles. The summed E-state index contributed by atoms with van der Waals surface area (Å²) in [6, 6.07) is 5.17. The minimum Gasteiger partial charge on any atom is -0.426 e. The lowest BCUT2D eigenvalue weighted by Crippen LogP contribution is -2.17. The third kappa shape index (κ3) is 2.13. The van der Waals surface area contributed by atoms with Crippen LogP contribution < -0.4 is 4.74 Å². The molecule has 0 aliphatic heterocycles. The second-order valence-corrected chi connectivity index (χ2v) is 4.15. The first-order chi connectivity index (χ1) is 8.13. The second-order valence-electron chi connectivity index (χ2n) is 4.15. The fraction of sp³-hybridized carbons (Fsp3) is 0.286. The third-order valence-corrected chi connectivity index (χ3v) is 2.96. The Morgan fingerprint density at radius 1 is 1.35 bits per heavy atom. The van der Waals surface area contributed by atoms with E-state index < -0.39 is 0 Å². The van der Waals surface area contributed by atoms with Gasteiger partial charge in [-0.25, -0.2) is 0 Å². The molecule has 0 fully saturated rings. The van der Waals surface area contributed by atoms with E-state index in [0.717, 1.165) is 6.42 Å². The summed E-state index contributed by atoms with van der Waals surface area (Å²) in [5, 5.41) is 0. The van der Waals surface area contributed by atoms with Gasteiger partial charge in [-0.15, -0.1) is 0 Å². The summed E-state index contributed by atoms with van der Waals surface area (Å²) in [7, 11) is 0. The smallest absolute Gasteiger partial charge is 0.314 e. The Bertz CT molecular complexity index is 500. The van der Waals surface area contributed by atoms with Gasteiger partial charge in [0.25, 0.3) is 0 Å². The standard InChI is InChI=1S/C14H14O3/c1-3-9(2)14(16)17-13-6-4-5-10-11(13)7-8-12(10)15/h4-9H,3H2,1-2H3. The van der Waals surface area contributed by atoms with Gasteiger partial charge in [0.15, 0.2) is 5.78 Å². The fourth-order valence-corrected chi connectivity index (χ4v) is 1.64. The van der Waals surface area contributed by atoms with Crippen LogP contribution in [0.4, 0.5) is 0 Å². The summed E-state index contributed by atoms with van der Waals surface area (Å²) in [5.74, 6) is 0.0388. The number of esters is 1. The molecule has 88 valence electrons. The zero-order chi connectivity index (χ0) is 12.4. The molecular weight excluding hydrogens is 216 g/mol. The number of ether oxygens (including phenoxy) is 1. The van der Waals surface area contributed by atoms with E-state index in [9.17, 15) is 9.59 Å². The molecule has 0 radical (unpaired) electrons. The lowest BCUT2D eigenvalue weighted by molar-refractivity contribution is -0.138. The van der Waals surface area contributed by atoms with Gasteiger partial charge in [-0.05, 0) is 24.6 Å². The van der Waals surface area contributed by atoms with Crippen molar-refractivity contribution in [2.24, 2.45) is 5.92 Å². The van der Waals surface area contributed by atoms with Crippen molar-refractivity contribution in [2.75, 3.05) is 0 Å². The Morgan fingerprint density at radius 2 is 2.12 bits per heavy atom. The van der Waals surface area contributed by atoms with Crippen molar-refractivity contribution < 1.29 is 14.3 Å². The predicted octanol–water partition coefficient (Wildman–Crippen LogP) is 2.85. The number of fused-ring (bicyclic) bond motifs is 1. The number of ketones is 1. The maximum absolute atomic E-state index is 11.7. The van der Waals surface area contributed by atoms with Crippen LogP contribution in [0.5, 0.6) is 5.75 Å². The number of hydrogen-bond acceptors (Lipinski definition) is 3. The maximum atomic E-state index is 11.7. The van der Waals surface area contributed by atoms with Crippen LogP contribution in [-0.2, 0) is 4.79 Å². The molecule has 17 heavy (non-hydrogen) atoms. The first-order valence-electron chi connectivity index (χ1n) is 5.70. The van der Waals surface area contributed by atoms with Gasteiger partial charge in [-0.2, -0.15) is 0 Å². The molecule has 0 saturated heterocycles. The first kappa shape index (κ1) is 11.6. The molecule has 1 aliphatic rings. The molecule has 0 heterocycles. The Labute approximate surface area is 100 Å². The van der Waals surface area contributed by atoms with E-state index in [-0.39, 0.29) is 17.7 Å². The predicted molar refractivity (Wildman–Crippen MR) is 64.9 cm³/mol. The van der Waals surface area contributed by atoms with Crippen molar-refractivity contribution in [1.82, 2.24) is 0 Å². The van der Waals surface area contributed by atoms with Gasteiger partial charge in [0.1, 0.15) is 5.75 Å². The summed E-state index contributed by atoms with van der Waals surface area (Å²) in [4.78, 5) is 23.2. The molecule has 0 N–H and O–H groups in total. The quantitative estimate of drug-likeness (QED) is 0.592. The highest BCUT2D eigenvalue weighted by Crippen LogP contribution is 2.29. The molecule has 1 aromatic carbocycles. The third-order valence-electron chi connectivity index (χ3n) is 2.96. The molecule has 0 bridgehead atoms. The van der Waals surface area contributed by atoms with E-state index in [2.05, 4.69) is 0 Å². The maximum Gasteiger partial charge on any atom is 0.314 e. The van der Waals surface area contributed by atoms with Crippen molar-refractivity contribution in [1.29, 1.82) is 0 Å². The van der Waals surface area contributed by atoms with E-state index >= 15 is 0 Å². The highest BCUT2D eigenvalue weighted by Gasteiger charge is 2.20. The highest BCUT2D eigenvalue weighted by atomic mass is 16.5. The van der Waals surface area contributed by atoms with Crippen LogP contribution in [0.25, 0.3) is 6.08 Å². The van der Waals surface area contributed by atoms with Crippen LogP contribution in [0.1, 0.15) is 36.2 Å². The van der Waals surface area contributed by atoms with Crippen molar-refractivity contribution in [3.8, 4) is 5.75 Å². The molecule has 0 spiro atoms. The van der Waals surface area contributed by atoms with Crippen molar-refractivity contribution >= 4 is 17.8 Å². The van der Waals surface area contributed by atoms with Gasteiger partial charge < -0.3 is 4.74 Å². The largest absolute Gasteiger partial charge is 0.426 e. The van der Waals surface area contributed by atoms with Crippen LogP contribution in [-0.4, -0.2) is 11.8 Å². The molecule has 1 aromatic rings. The van der Waals surface area contributed by atoms with Crippen LogP contribution in [0.3, 0.4) is 0 Å². The van der Waals surface area contributed by atoms with E-state index in [1.165, 1.54) is 6.08 Å². The highest BCUT2D eigenvalue weighted by molar-refractivity contribution is 6.14. The zero-order valence-electron chi connectivity index (χ0n) is 9.90. The summed E-state index contributed by atoms with van der Waals surface area (Å²) in [6.45, 7) is 3.76. The monoisotopic (exact) mass is 230 g/mol. The van der Waals surface area contributed by atoms with Crippen molar-refractivity contribution in [3.05, 3.63) is 35.4 Å². The van der Waals surface area contributed by atoms with E-state index in [1.54, 1.807) is 24.3 Å². The lowest BCUT2D eigenvalue weighted by atomic mass is 10.1. The van der Waals surface area contributed by atoms with Gasteiger partial charge in [-0.1, -0.05) is 26.0 Å². The van der Waals surface area contributed by atoms with Gasteiger partial charge in [0, 0.05) is 11.1 Å². The number of hydrogen-bond donors (Lipinski definition) is 0. The number of carbonyl (C=O) groups is 2. The van der Waals surface area contributed by atoms with Crippen molar-refractivity contribution in [2.45, 2.75) is 20.3 Å². The van der Waals surface area contributed by atoms with Gasteiger partial charge in [0.2, 0.25) is 0 Å². The molecule has 0 amide bonds. The minimum atomic E-state index is -0.256. The second kappa shape index (κ2) is 4.53. The van der Waals surface area contributed by atoms with Gasteiger partial charge in [0.05, 0.1) is 5.92 Å². The Hall–Kier alpha value is -1.90. The number of benzene rings is 1. The molecule has 1 unspecified atom stereocenters. The first-order valence-corrected chi connectivity index (χ1v) is 5.70. The SMILES string of the molecule is CCC(C)C(=O)Oc1cccc2c1C=CC2=O.